The molecule has 1 aromatic heterocycles. The van der Waals surface area contributed by atoms with Crippen LogP contribution in [0.4, 0.5) is 5.82 Å². The number of para-hydroxylation sites is 1. The molecular weight excluding hydrogens is 386 g/mol. The van der Waals surface area contributed by atoms with E-state index in [1.165, 1.54) is 11.4 Å². The third-order valence-electron chi connectivity index (χ3n) is 6.66. The number of amides is 1. The van der Waals surface area contributed by atoms with Gasteiger partial charge in [-0.1, -0.05) is 38.5 Å². The van der Waals surface area contributed by atoms with Gasteiger partial charge in [-0.3, -0.25) is 4.79 Å². The van der Waals surface area contributed by atoms with Crippen LogP contribution in [-0.2, 0) is 11.3 Å². The van der Waals surface area contributed by atoms with Crippen LogP contribution >= 0.6 is 0 Å². The number of benzene rings is 1. The minimum absolute atomic E-state index is 0.304. The second kappa shape index (κ2) is 9.86. The third kappa shape index (κ3) is 4.95. The van der Waals surface area contributed by atoms with Gasteiger partial charge in [-0.15, -0.1) is 0 Å². The molecule has 168 valence electrons. The average molecular weight is 424 g/mol. The highest BCUT2D eigenvalue weighted by atomic mass is 16.2. The van der Waals surface area contributed by atoms with E-state index in [2.05, 4.69) is 64.4 Å². The van der Waals surface area contributed by atoms with Gasteiger partial charge in [0.1, 0.15) is 5.82 Å². The summed E-state index contributed by atoms with van der Waals surface area (Å²) in [5.41, 5.74) is 3.33. The van der Waals surface area contributed by atoms with Crippen molar-refractivity contribution < 1.29 is 4.79 Å². The van der Waals surface area contributed by atoms with E-state index < -0.39 is 0 Å². The molecule has 1 aliphatic heterocycles. The zero-order chi connectivity index (χ0) is 21.8. The maximum atomic E-state index is 13.0. The molecule has 6 nitrogen and oxygen atoms in total. The molecule has 1 aromatic carbocycles. The Balaban J connectivity index is 1.68. The van der Waals surface area contributed by atoms with E-state index in [0.717, 1.165) is 69.8 Å². The lowest BCUT2D eigenvalue weighted by molar-refractivity contribution is -0.132. The Hall–Kier alpha value is -2.34. The van der Waals surface area contributed by atoms with Gasteiger partial charge in [0.25, 0.3) is 0 Å². The summed E-state index contributed by atoms with van der Waals surface area (Å²) in [6, 6.07) is 10.8. The SMILES string of the molecule is CCCCC(=O)N(Cc1c(C)nn(-c2ccccc2)c1N1CCN(CC)CC1)C1CC1. The number of rotatable bonds is 9. The van der Waals surface area contributed by atoms with Crippen molar-refractivity contribution in [3.63, 3.8) is 0 Å². The largest absolute Gasteiger partial charge is 0.354 e. The van der Waals surface area contributed by atoms with E-state index >= 15 is 0 Å². The number of hydrogen-bond acceptors (Lipinski definition) is 4. The summed E-state index contributed by atoms with van der Waals surface area (Å²) in [7, 11) is 0. The van der Waals surface area contributed by atoms with Crippen molar-refractivity contribution in [3.8, 4) is 5.69 Å². The maximum Gasteiger partial charge on any atom is 0.223 e. The number of carbonyl (C=O) groups is 1. The van der Waals surface area contributed by atoms with Crippen LogP contribution < -0.4 is 4.90 Å². The lowest BCUT2D eigenvalue weighted by Gasteiger charge is -2.36. The van der Waals surface area contributed by atoms with E-state index in [4.69, 9.17) is 5.10 Å². The quantitative estimate of drug-likeness (QED) is 0.611. The van der Waals surface area contributed by atoms with E-state index in [1.54, 1.807) is 0 Å². The molecule has 0 bridgehead atoms. The molecule has 1 saturated heterocycles. The predicted molar refractivity (Wildman–Crippen MR) is 126 cm³/mol. The fourth-order valence-electron chi connectivity index (χ4n) is 4.53. The fraction of sp³-hybridized carbons (Fsp3) is 0.600. The van der Waals surface area contributed by atoms with Gasteiger partial charge in [0.15, 0.2) is 0 Å². The average Bonchev–Trinajstić information content (AvgIpc) is 3.59. The van der Waals surface area contributed by atoms with Gasteiger partial charge >= 0.3 is 0 Å². The highest BCUT2D eigenvalue weighted by Crippen LogP contribution is 2.34. The summed E-state index contributed by atoms with van der Waals surface area (Å²) < 4.78 is 2.11. The van der Waals surface area contributed by atoms with Crippen molar-refractivity contribution in [3.05, 3.63) is 41.6 Å². The number of aryl methyl sites for hydroxylation is 1. The highest BCUT2D eigenvalue weighted by molar-refractivity contribution is 5.77. The Morgan fingerprint density at radius 1 is 1.10 bits per heavy atom. The van der Waals surface area contributed by atoms with E-state index in [9.17, 15) is 4.79 Å². The Kier molecular flexibility index (Phi) is 6.96. The van der Waals surface area contributed by atoms with Gasteiger partial charge in [-0.25, -0.2) is 4.68 Å². The van der Waals surface area contributed by atoms with Crippen LogP contribution in [0.5, 0.6) is 0 Å². The van der Waals surface area contributed by atoms with Crippen LogP contribution in [0, 0.1) is 6.92 Å². The monoisotopic (exact) mass is 423 g/mol. The molecule has 0 radical (unpaired) electrons. The van der Waals surface area contributed by atoms with Crippen molar-refractivity contribution in [2.75, 3.05) is 37.6 Å². The molecule has 0 unspecified atom stereocenters. The molecule has 0 spiro atoms. The normalized spacial score (nSPS) is 17.2. The highest BCUT2D eigenvalue weighted by Gasteiger charge is 2.34. The minimum Gasteiger partial charge on any atom is -0.354 e. The Morgan fingerprint density at radius 3 is 2.42 bits per heavy atom. The smallest absolute Gasteiger partial charge is 0.223 e. The molecular formula is C25H37N5O. The number of piperazine rings is 1. The van der Waals surface area contributed by atoms with E-state index in [0.29, 0.717) is 24.9 Å². The number of nitrogens with zero attached hydrogens (tertiary/aromatic N) is 5. The maximum absolute atomic E-state index is 13.0. The molecule has 4 rings (SSSR count). The summed E-state index contributed by atoms with van der Waals surface area (Å²) in [5, 5.41) is 4.97. The topological polar surface area (TPSA) is 44.6 Å². The van der Waals surface area contributed by atoms with Gasteiger partial charge in [0.05, 0.1) is 17.9 Å². The second-order valence-electron chi connectivity index (χ2n) is 8.91. The third-order valence-corrected chi connectivity index (χ3v) is 6.66. The lowest BCUT2D eigenvalue weighted by Crippen LogP contribution is -2.47. The molecule has 2 aromatic rings. The second-order valence-corrected chi connectivity index (χ2v) is 8.91. The molecule has 1 aliphatic carbocycles. The number of hydrogen-bond donors (Lipinski definition) is 0. The molecule has 6 heteroatoms. The summed E-state index contributed by atoms with van der Waals surface area (Å²) in [6.45, 7) is 12.4. The van der Waals surface area contributed by atoms with Crippen LogP contribution in [0.15, 0.2) is 30.3 Å². The zero-order valence-corrected chi connectivity index (χ0v) is 19.4. The Labute approximate surface area is 186 Å². The molecule has 0 N–H and O–H groups in total. The minimum atomic E-state index is 0.304. The molecule has 1 amide bonds. The summed E-state index contributed by atoms with van der Waals surface area (Å²) in [4.78, 5) is 20.1. The predicted octanol–water partition coefficient (Wildman–Crippen LogP) is 4.00. The number of likely N-dealkylation sites (N-methyl/N-ethyl adjacent to an activating group) is 1. The fourth-order valence-corrected chi connectivity index (χ4v) is 4.53. The molecule has 31 heavy (non-hydrogen) atoms. The molecule has 2 aliphatic rings. The Bertz CT molecular complexity index is 866. The van der Waals surface area contributed by atoms with Crippen LogP contribution in [0.3, 0.4) is 0 Å². The first-order chi connectivity index (χ1) is 15.1. The van der Waals surface area contributed by atoms with Crippen molar-refractivity contribution in [1.29, 1.82) is 0 Å². The first-order valence-electron chi connectivity index (χ1n) is 12.0. The first kappa shape index (κ1) is 21.9. The number of aromatic nitrogens is 2. The van der Waals surface area contributed by atoms with Crippen LogP contribution in [0.25, 0.3) is 5.69 Å². The van der Waals surface area contributed by atoms with Crippen LogP contribution in [-0.4, -0.2) is 64.3 Å². The van der Waals surface area contributed by atoms with E-state index in [1.807, 2.05) is 6.07 Å². The van der Waals surface area contributed by atoms with E-state index in [-0.39, 0.29) is 0 Å². The molecule has 0 atom stereocenters. The van der Waals surface area contributed by atoms with Gasteiger partial charge in [0, 0.05) is 44.2 Å². The van der Waals surface area contributed by atoms with Crippen LogP contribution in [0.2, 0.25) is 0 Å². The Morgan fingerprint density at radius 2 is 1.81 bits per heavy atom. The molecule has 2 fully saturated rings. The lowest BCUT2D eigenvalue weighted by atomic mass is 10.1. The van der Waals surface area contributed by atoms with Gasteiger partial charge in [0.2, 0.25) is 5.91 Å². The van der Waals surface area contributed by atoms with Crippen molar-refractivity contribution in [2.45, 2.75) is 65.5 Å². The number of anilines is 1. The number of unbranched alkanes of at least 4 members (excludes halogenated alkanes) is 1. The van der Waals surface area contributed by atoms with Crippen molar-refractivity contribution in [2.24, 2.45) is 0 Å². The van der Waals surface area contributed by atoms with Gasteiger partial charge < -0.3 is 14.7 Å². The first-order valence-corrected chi connectivity index (χ1v) is 12.0. The summed E-state index contributed by atoms with van der Waals surface area (Å²) in [6.07, 6.45) is 4.95. The van der Waals surface area contributed by atoms with Crippen molar-refractivity contribution >= 4 is 11.7 Å². The summed E-state index contributed by atoms with van der Waals surface area (Å²) in [5.74, 6) is 1.48. The van der Waals surface area contributed by atoms with Gasteiger partial charge in [-0.2, -0.15) is 5.10 Å². The molecule has 1 saturated carbocycles. The standard InChI is InChI=1S/C25H37N5O/c1-4-6-12-24(31)29(21-13-14-21)19-23-20(3)26-30(22-10-8-7-9-11-22)25(23)28-17-15-27(5-2)16-18-28/h7-11,21H,4-6,12-19H2,1-3H3. The summed E-state index contributed by atoms with van der Waals surface area (Å²) >= 11 is 0. The molecule has 2 heterocycles. The zero-order valence-electron chi connectivity index (χ0n) is 19.4. The van der Waals surface area contributed by atoms with Crippen LogP contribution in [0.1, 0.15) is 57.2 Å². The number of carbonyl (C=O) groups excluding carboxylic acids is 1. The van der Waals surface area contributed by atoms with Gasteiger partial charge in [-0.05, 0) is 44.9 Å². The van der Waals surface area contributed by atoms with Crippen molar-refractivity contribution in [1.82, 2.24) is 19.6 Å².